The fourth-order valence-electron chi connectivity index (χ4n) is 4.28. The number of halogens is 2. The van der Waals surface area contributed by atoms with Crippen molar-refractivity contribution < 1.29 is 37.4 Å². The highest BCUT2D eigenvalue weighted by Gasteiger charge is 2.56. The van der Waals surface area contributed by atoms with Crippen LogP contribution >= 0.6 is 30.3 Å². The summed E-state index contributed by atoms with van der Waals surface area (Å²) in [4.78, 5) is 38.7. The van der Waals surface area contributed by atoms with Crippen molar-refractivity contribution in [1.29, 1.82) is 0 Å². The maximum atomic E-state index is 15.7. The van der Waals surface area contributed by atoms with E-state index in [0.29, 0.717) is 5.39 Å². The number of rotatable bonds is 10. The Balaban J connectivity index is 1.61. The van der Waals surface area contributed by atoms with Gasteiger partial charge in [-0.15, -0.1) is 0 Å². The predicted molar refractivity (Wildman–Crippen MR) is 155 cm³/mol. The third kappa shape index (κ3) is 6.89. The van der Waals surface area contributed by atoms with Gasteiger partial charge in [0.1, 0.15) is 24.0 Å². The molecule has 0 aliphatic carbocycles. The minimum Gasteiger partial charge on any atom is -0.462 e. The van der Waals surface area contributed by atoms with E-state index in [1.807, 2.05) is 18.2 Å². The van der Waals surface area contributed by atoms with Gasteiger partial charge in [0, 0.05) is 11.6 Å². The van der Waals surface area contributed by atoms with Gasteiger partial charge in [-0.1, -0.05) is 36.4 Å². The van der Waals surface area contributed by atoms with Gasteiger partial charge in [-0.3, -0.25) is 23.7 Å². The summed E-state index contributed by atoms with van der Waals surface area (Å²) in [5.74, 6) is -0.537. The summed E-state index contributed by atoms with van der Waals surface area (Å²) in [7, 11) is -4.42. The third-order valence-corrected chi connectivity index (χ3v) is 8.73. The Kier molecular flexibility index (Phi) is 9.41. The lowest BCUT2D eigenvalue weighted by Gasteiger charge is -2.26. The molecule has 3 aromatic rings. The number of aromatic nitrogens is 2. The Hall–Kier alpha value is -2.62. The smallest absolute Gasteiger partial charge is 0.459 e. The number of carbonyl (C=O) groups excluding carboxylic acids is 1. The number of aliphatic hydroxyl groups excluding tert-OH is 1. The second-order valence-corrected chi connectivity index (χ2v) is 12.8. The van der Waals surface area contributed by atoms with Crippen LogP contribution in [0.3, 0.4) is 0 Å². The lowest BCUT2D eigenvalue weighted by Crippen LogP contribution is -2.44. The fourth-order valence-corrected chi connectivity index (χ4v) is 6.23. The molecule has 222 valence electrons. The first-order valence-electron chi connectivity index (χ1n) is 12.7. The molecule has 1 fully saturated rings. The number of H-pyrrole nitrogens is 1. The Morgan fingerprint density at radius 2 is 1.93 bits per heavy atom. The first-order valence-corrected chi connectivity index (χ1v) is 15.3. The number of benzene rings is 2. The molecule has 0 bridgehead atoms. The number of esters is 1. The van der Waals surface area contributed by atoms with Crippen LogP contribution in [-0.2, 0) is 23.4 Å². The molecule has 0 radical (unpaired) electrons. The van der Waals surface area contributed by atoms with E-state index in [9.17, 15) is 24.1 Å². The highest BCUT2D eigenvalue weighted by atomic mass is 127. The molecule has 2 aromatic carbocycles. The van der Waals surface area contributed by atoms with E-state index in [-0.39, 0.29) is 9.32 Å². The molecule has 2 heterocycles. The second-order valence-electron chi connectivity index (χ2n) is 9.96. The molecule has 0 amide bonds. The van der Waals surface area contributed by atoms with Crippen LogP contribution < -0.4 is 20.9 Å². The highest BCUT2D eigenvalue weighted by molar-refractivity contribution is 14.1. The van der Waals surface area contributed by atoms with Crippen molar-refractivity contribution >= 4 is 47.1 Å². The molecule has 41 heavy (non-hydrogen) atoms. The molecule has 1 aliphatic heterocycles. The number of nitrogens with one attached hydrogen (secondary N) is 2. The molecule has 1 aliphatic rings. The van der Waals surface area contributed by atoms with Gasteiger partial charge >= 0.3 is 19.4 Å². The summed E-state index contributed by atoms with van der Waals surface area (Å²) in [5.41, 5.74) is -4.11. The molecule has 3 N–H and O–H groups in total. The number of hydrogen-bond donors (Lipinski definition) is 3. The highest BCUT2D eigenvalue weighted by Crippen LogP contribution is 2.48. The Morgan fingerprint density at radius 1 is 1.24 bits per heavy atom. The summed E-state index contributed by atoms with van der Waals surface area (Å²) < 4.78 is 53.0. The van der Waals surface area contributed by atoms with Gasteiger partial charge in [-0.25, -0.2) is 13.8 Å². The number of ether oxygens (including phenoxy) is 2. The monoisotopic (exact) mass is 705 g/mol. The van der Waals surface area contributed by atoms with Crippen molar-refractivity contribution in [2.24, 2.45) is 0 Å². The van der Waals surface area contributed by atoms with E-state index in [1.54, 1.807) is 60.7 Å². The molecular formula is C26H30FIN3O9P. The number of aromatic amines is 1. The number of carbonyl (C=O) groups is 1. The van der Waals surface area contributed by atoms with Crippen LogP contribution in [-0.4, -0.2) is 57.3 Å². The Labute approximate surface area is 247 Å². The second kappa shape index (κ2) is 12.3. The van der Waals surface area contributed by atoms with Crippen LogP contribution in [0.2, 0.25) is 0 Å². The van der Waals surface area contributed by atoms with E-state index in [1.165, 1.54) is 6.92 Å². The summed E-state index contributed by atoms with van der Waals surface area (Å²) >= 11 is 1.67. The zero-order valence-electron chi connectivity index (χ0n) is 22.6. The van der Waals surface area contributed by atoms with Gasteiger partial charge in [-0.2, -0.15) is 5.09 Å². The SMILES string of the molecule is CC(C)OC(=O)[C@@H](C)NP(=O)(OC[C@H]1O[C@@H](n2cc(I)c(=O)[nH]c2=O)[C@](C)(F)[C@@H]1O)Oc1cccc2ccccc12. The van der Waals surface area contributed by atoms with Crippen molar-refractivity contribution in [3.05, 3.63) is 73.1 Å². The van der Waals surface area contributed by atoms with Gasteiger partial charge < -0.3 is 19.1 Å². The summed E-state index contributed by atoms with van der Waals surface area (Å²) in [5, 5.41) is 14.7. The van der Waals surface area contributed by atoms with Crippen molar-refractivity contribution in [3.8, 4) is 5.75 Å². The molecule has 1 unspecified atom stereocenters. The van der Waals surface area contributed by atoms with Gasteiger partial charge in [-0.05, 0) is 61.7 Å². The molecule has 1 aromatic heterocycles. The maximum Gasteiger partial charge on any atom is 0.459 e. The number of fused-ring (bicyclic) bond motifs is 1. The van der Waals surface area contributed by atoms with Gasteiger partial charge in [0.25, 0.3) is 5.56 Å². The first-order chi connectivity index (χ1) is 19.2. The minimum absolute atomic E-state index is 0.0928. The summed E-state index contributed by atoms with van der Waals surface area (Å²) in [6.45, 7) is 5.10. The number of hydrogen-bond acceptors (Lipinski definition) is 9. The van der Waals surface area contributed by atoms with Crippen LogP contribution in [0.25, 0.3) is 10.8 Å². The zero-order chi connectivity index (χ0) is 30.1. The molecule has 1 saturated heterocycles. The van der Waals surface area contributed by atoms with Gasteiger partial charge in [0.15, 0.2) is 11.9 Å². The number of aliphatic hydroxyl groups is 1. The molecule has 4 rings (SSSR count). The van der Waals surface area contributed by atoms with Crippen LogP contribution in [0.1, 0.15) is 33.9 Å². The Bertz CT molecular complexity index is 1590. The average molecular weight is 705 g/mol. The zero-order valence-corrected chi connectivity index (χ0v) is 25.6. The van der Waals surface area contributed by atoms with Gasteiger partial charge in [0.2, 0.25) is 0 Å². The normalized spacial score (nSPS) is 24.7. The van der Waals surface area contributed by atoms with Crippen molar-refractivity contribution in [1.82, 2.24) is 14.6 Å². The molecule has 0 spiro atoms. The summed E-state index contributed by atoms with van der Waals surface area (Å²) in [6.07, 6.45) is -4.23. The maximum absolute atomic E-state index is 15.7. The fraction of sp³-hybridized carbons (Fsp3) is 0.423. The van der Waals surface area contributed by atoms with Gasteiger partial charge in [0.05, 0.1) is 16.3 Å². The van der Waals surface area contributed by atoms with Crippen LogP contribution in [0.15, 0.2) is 58.3 Å². The largest absolute Gasteiger partial charge is 0.462 e. The third-order valence-electron chi connectivity index (χ3n) is 6.33. The first kappa shape index (κ1) is 31.3. The quantitative estimate of drug-likeness (QED) is 0.162. The van der Waals surface area contributed by atoms with Crippen molar-refractivity contribution in [3.63, 3.8) is 0 Å². The average Bonchev–Trinajstić information content (AvgIpc) is 3.13. The van der Waals surface area contributed by atoms with E-state index >= 15 is 4.39 Å². The van der Waals surface area contributed by atoms with E-state index in [0.717, 1.165) is 23.1 Å². The van der Waals surface area contributed by atoms with E-state index in [4.69, 9.17) is 18.5 Å². The van der Waals surface area contributed by atoms with Crippen molar-refractivity contribution in [2.75, 3.05) is 6.61 Å². The summed E-state index contributed by atoms with van der Waals surface area (Å²) in [6, 6.07) is 11.1. The minimum atomic E-state index is -4.42. The lowest BCUT2D eigenvalue weighted by molar-refractivity contribution is -0.149. The van der Waals surface area contributed by atoms with Crippen LogP contribution in [0.5, 0.6) is 5.75 Å². The molecule has 15 heteroatoms. The molecular weight excluding hydrogens is 675 g/mol. The van der Waals surface area contributed by atoms with Crippen molar-refractivity contribution in [2.45, 2.75) is 63.9 Å². The molecule has 12 nitrogen and oxygen atoms in total. The molecule has 0 saturated carbocycles. The number of nitrogens with zero attached hydrogens (tertiary/aromatic N) is 1. The molecule has 6 atom stereocenters. The Morgan fingerprint density at radius 3 is 2.63 bits per heavy atom. The number of alkyl halides is 1. The topological polar surface area (TPSA) is 158 Å². The van der Waals surface area contributed by atoms with E-state index in [2.05, 4.69) is 10.1 Å². The van der Waals surface area contributed by atoms with E-state index < -0.39 is 67.8 Å². The van der Waals surface area contributed by atoms with Crippen LogP contribution in [0.4, 0.5) is 4.39 Å². The standard InChI is InChI=1S/C26H30FIN3O9P/c1-14(2)38-23(34)15(3)30-41(36,40-19-11-7-9-16-8-5-6-10-17(16)19)37-13-20-21(32)26(4,27)24(39-20)31-12-18(28)22(33)29-25(31)35/h5-12,14-15,20-21,24,32H,13H2,1-4H3,(H,30,36)(H,29,33,35)/t15-,20-,21-,24-,26-,41?/m1/s1. The van der Waals surface area contributed by atoms with Crippen LogP contribution in [0, 0.1) is 3.57 Å². The lowest BCUT2D eigenvalue weighted by atomic mass is 9.98. The predicted octanol–water partition coefficient (Wildman–Crippen LogP) is 3.41.